The summed E-state index contributed by atoms with van der Waals surface area (Å²) in [6.07, 6.45) is 0.752. The van der Waals surface area contributed by atoms with Crippen molar-refractivity contribution >= 4 is 29.9 Å². The van der Waals surface area contributed by atoms with Crippen molar-refractivity contribution in [3.8, 4) is 0 Å². The van der Waals surface area contributed by atoms with E-state index >= 15 is 0 Å². The Morgan fingerprint density at radius 1 is 1.42 bits per heavy atom. The number of nitrogens with zero attached hydrogens (tertiary/aromatic N) is 3. The summed E-state index contributed by atoms with van der Waals surface area (Å²) in [5, 5.41) is 17.7. The third-order valence-corrected chi connectivity index (χ3v) is 4.93. The number of aliphatic hydroxyl groups is 1. The lowest BCUT2D eigenvalue weighted by atomic mass is 10.1. The Hall–Kier alpha value is -1.67. The smallest absolute Gasteiger partial charge is 0.227 e. The first-order valence-corrected chi connectivity index (χ1v) is 8.67. The minimum Gasteiger partial charge on any atom is -0.391 e. The van der Waals surface area contributed by atoms with E-state index in [1.807, 2.05) is 24.3 Å². The number of benzene rings is 1. The summed E-state index contributed by atoms with van der Waals surface area (Å²) in [6.45, 7) is 0.456. The van der Waals surface area contributed by atoms with E-state index in [-0.39, 0.29) is 36.7 Å². The molecule has 1 aliphatic rings. The van der Waals surface area contributed by atoms with E-state index in [0.717, 1.165) is 11.4 Å². The molecular weight excluding hydrogens is 377 g/mol. The van der Waals surface area contributed by atoms with Gasteiger partial charge in [0.05, 0.1) is 19.1 Å². The Kier molecular flexibility index (Phi) is 7.00. The third kappa shape index (κ3) is 4.54. The Labute approximate surface area is 163 Å². The molecule has 0 unspecified atom stereocenters. The highest BCUT2D eigenvalue weighted by atomic mass is 35.5. The van der Waals surface area contributed by atoms with Gasteiger partial charge in [0.15, 0.2) is 5.82 Å². The van der Waals surface area contributed by atoms with Gasteiger partial charge in [-0.1, -0.05) is 29.8 Å². The molecule has 4 N–H and O–H groups in total. The van der Waals surface area contributed by atoms with Crippen LogP contribution in [0.3, 0.4) is 0 Å². The monoisotopic (exact) mass is 399 g/mol. The topological polar surface area (TPSA) is 106 Å². The molecule has 1 heterocycles. The van der Waals surface area contributed by atoms with Crippen molar-refractivity contribution in [1.82, 2.24) is 20.1 Å². The highest BCUT2D eigenvalue weighted by Gasteiger charge is 2.34. The molecule has 0 radical (unpaired) electrons. The summed E-state index contributed by atoms with van der Waals surface area (Å²) in [4.78, 5) is 16.2. The van der Waals surface area contributed by atoms with Gasteiger partial charge >= 0.3 is 0 Å². The Morgan fingerprint density at radius 2 is 2.15 bits per heavy atom. The van der Waals surface area contributed by atoms with E-state index in [2.05, 4.69) is 15.4 Å². The molecule has 1 saturated carbocycles. The van der Waals surface area contributed by atoms with Crippen LogP contribution in [-0.2, 0) is 17.8 Å². The zero-order chi connectivity index (χ0) is 18.0. The first-order valence-electron chi connectivity index (χ1n) is 8.29. The molecule has 26 heavy (non-hydrogen) atoms. The molecule has 3 rings (SSSR count). The molecule has 142 valence electrons. The summed E-state index contributed by atoms with van der Waals surface area (Å²) < 4.78 is 1.77. The molecule has 1 amide bonds. The second-order valence-electron chi connectivity index (χ2n) is 6.38. The number of halogens is 2. The van der Waals surface area contributed by atoms with Crippen molar-refractivity contribution in [1.29, 1.82) is 0 Å². The minimum atomic E-state index is -0.544. The molecule has 0 aliphatic heterocycles. The largest absolute Gasteiger partial charge is 0.391 e. The third-order valence-electron chi connectivity index (χ3n) is 4.56. The van der Waals surface area contributed by atoms with Crippen LogP contribution in [0.15, 0.2) is 24.3 Å². The summed E-state index contributed by atoms with van der Waals surface area (Å²) in [5.41, 5.74) is 6.87. The van der Waals surface area contributed by atoms with E-state index < -0.39 is 6.10 Å². The molecule has 7 nitrogen and oxygen atoms in total. The second kappa shape index (κ2) is 8.81. The van der Waals surface area contributed by atoms with Gasteiger partial charge in [-0.05, 0) is 24.5 Å². The number of nitrogens with one attached hydrogen (secondary N) is 1. The van der Waals surface area contributed by atoms with Gasteiger partial charge in [-0.2, -0.15) is 5.10 Å². The number of likely N-dealkylation sites (N-methyl/N-ethyl adjacent to an activating group) is 1. The fourth-order valence-corrected chi connectivity index (χ4v) is 3.37. The summed E-state index contributed by atoms with van der Waals surface area (Å²) in [6, 6.07) is 7.28. The molecule has 0 spiro atoms. The van der Waals surface area contributed by atoms with Gasteiger partial charge in [-0.15, -0.1) is 12.4 Å². The number of hydrogen-bond donors (Lipinski definition) is 3. The van der Waals surface area contributed by atoms with E-state index in [9.17, 15) is 9.90 Å². The van der Waals surface area contributed by atoms with Gasteiger partial charge in [-0.3, -0.25) is 4.79 Å². The predicted molar refractivity (Wildman–Crippen MR) is 102 cm³/mol. The molecule has 1 fully saturated rings. The van der Waals surface area contributed by atoms with Crippen molar-refractivity contribution in [3.05, 3.63) is 46.5 Å². The quantitative estimate of drug-likeness (QED) is 0.701. The van der Waals surface area contributed by atoms with Crippen molar-refractivity contribution in [3.63, 3.8) is 0 Å². The first kappa shape index (κ1) is 20.6. The van der Waals surface area contributed by atoms with E-state index in [4.69, 9.17) is 17.3 Å². The maximum Gasteiger partial charge on any atom is 0.227 e. The van der Waals surface area contributed by atoms with Crippen LogP contribution in [0.2, 0.25) is 5.02 Å². The molecule has 3 atom stereocenters. The Bertz CT molecular complexity index is 757. The van der Waals surface area contributed by atoms with Crippen LogP contribution in [0.25, 0.3) is 0 Å². The van der Waals surface area contributed by atoms with Gasteiger partial charge in [0.1, 0.15) is 5.82 Å². The standard InChI is InChI=1S/C17H22ClN5O2.ClH/c1-20-16(25)8-15-21-17(11-6-13(19)14(24)7-11)23(22-15)9-10-4-2-3-5-12(10)18;/h2-5,11,13-14,24H,6-9,19H2,1H3,(H,20,25);1H/t11-,13-,14-;/m0./s1. The average molecular weight is 400 g/mol. The van der Waals surface area contributed by atoms with Gasteiger partial charge in [0, 0.05) is 24.0 Å². The zero-order valence-corrected chi connectivity index (χ0v) is 16.0. The van der Waals surface area contributed by atoms with Gasteiger partial charge < -0.3 is 16.2 Å². The maximum absolute atomic E-state index is 11.7. The number of amides is 1. The number of carbonyl (C=O) groups is 1. The molecule has 0 saturated heterocycles. The normalized spacial score (nSPS) is 22.1. The van der Waals surface area contributed by atoms with Crippen LogP contribution in [0.5, 0.6) is 0 Å². The van der Waals surface area contributed by atoms with Gasteiger partial charge in [0.25, 0.3) is 0 Å². The lowest BCUT2D eigenvalue weighted by Crippen LogP contribution is -2.28. The lowest BCUT2D eigenvalue weighted by Gasteiger charge is -2.12. The van der Waals surface area contributed by atoms with Crippen LogP contribution >= 0.6 is 24.0 Å². The molecule has 2 aromatic rings. The van der Waals surface area contributed by atoms with Crippen molar-refractivity contribution in [2.75, 3.05) is 7.05 Å². The summed E-state index contributed by atoms with van der Waals surface area (Å²) >= 11 is 6.26. The van der Waals surface area contributed by atoms with Crippen molar-refractivity contribution in [2.24, 2.45) is 5.73 Å². The number of rotatable bonds is 5. The van der Waals surface area contributed by atoms with Crippen LogP contribution < -0.4 is 11.1 Å². The lowest BCUT2D eigenvalue weighted by molar-refractivity contribution is -0.120. The van der Waals surface area contributed by atoms with E-state index in [0.29, 0.717) is 30.2 Å². The number of aliphatic hydroxyl groups excluding tert-OH is 1. The molecule has 9 heteroatoms. The molecule has 1 aliphatic carbocycles. The fraction of sp³-hybridized carbons (Fsp3) is 0.471. The number of nitrogens with two attached hydrogens (primary N) is 1. The number of carbonyl (C=O) groups excluding carboxylic acids is 1. The Morgan fingerprint density at radius 3 is 2.77 bits per heavy atom. The van der Waals surface area contributed by atoms with Crippen molar-refractivity contribution < 1.29 is 9.90 Å². The first-order chi connectivity index (χ1) is 12.0. The molecule has 0 bridgehead atoms. The van der Waals surface area contributed by atoms with Crippen LogP contribution in [-0.4, -0.2) is 45.0 Å². The van der Waals surface area contributed by atoms with Crippen LogP contribution in [0, 0.1) is 0 Å². The van der Waals surface area contributed by atoms with Crippen LogP contribution in [0.1, 0.15) is 36.0 Å². The fourth-order valence-electron chi connectivity index (χ4n) is 3.18. The highest BCUT2D eigenvalue weighted by molar-refractivity contribution is 6.31. The highest BCUT2D eigenvalue weighted by Crippen LogP contribution is 2.33. The van der Waals surface area contributed by atoms with Crippen LogP contribution in [0.4, 0.5) is 0 Å². The molecule has 1 aromatic heterocycles. The van der Waals surface area contributed by atoms with Gasteiger partial charge in [0.2, 0.25) is 5.91 Å². The van der Waals surface area contributed by atoms with E-state index in [1.165, 1.54) is 0 Å². The second-order valence-corrected chi connectivity index (χ2v) is 6.79. The SMILES string of the molecule is CNC(=O)Cc1nc([C@H]2C[C@H](N)[C@@H](O)C2)n(Cc2ccccc2Cl)n1.Cl. The zero-order valence-electron chi connectivity index (χ0n) is 14.4. The minimum absolute atomic E-state index is 0. The number of hydrogen-bond acceptors (Lipinski definition) is 5. The van der Waals surface area contributed by atoms with Crippen molar-refractivity contribution in [2.45, 2.75) is 43.9 Å². The predicted octanol–water partition coefficient (Wildman–Crippen LogP) is 1.26. The average Bonchev–Trinajstić information content (AvgIpc) is 3.13. The summed E-state index contributed by atoms with van der Waals surface area (Å²) in [5.74, 6) is 1.06. The maximum atomic E-state index is 11.7. The molecular formula is C17H23Cl2N5O2. The van der Waals surface area contributed by atoms with Gasteiger partial charge in [-0.25, -0.2) is 9.67 Å². The Balaban J connectivity index is 0.00000243. The summed E-state index contributed by atoms with van der Waals surface area (Å²) in [7, 11) is 1.58. The van der Waals surface area contributed by atoms with E-state index in [1.54, 1.807) is 11.7 Å². The number of aromatic nitrogens is 3. The molecule has 1 aromatic carbocycles.